The summed E-state index contributed by atoms with van der Waals surface area (Å²) >= 11 is 0. The van der Waals surface area contributed by atoms with Crippen molar-refractivity contribution >= 4 is 0 Å². The highest BCUT2D eigenvalue weighted by atomic mass is 16.5. The first-order valence-electron chi connectivity index (χ1n) is 6.58. The van der Waals surface area contributed by atoms with Crippen molar-refractivity contribution in [3.8, 4) is 0 Å². The molecule has 0 spiro atoms. The van der Waals surface area contributed by atoms with Gasteiger partial charge in [0.15, 0.2) is 5.82 Å². The lowest BCUT2D eigenvalue weighted by Gasteiger charge is -2.18. The van der Waals surface area contributed by atoms with Gasteiger partial charge >= 0.3 is 0 Å². The summed E-state index contributed by atoms with van der Waals surface area (Å²) in [5.41, 5.74) is 0.327. The molecule has 1 aliphatic rings. The Morgan fingerprint density at radius 2 is 2.24 bits per heavy atom. The molecule has 0 saturated carbocycles. The summed E-state index contributed by atoms with van der Waals surface area (Å²) in [7, 11) is 0. The monoisotopic (exact) mass is 237 g/mol. The van der Waals surface area contributed by atoms with E-state index >= 15 is 0 Å². The highest BCUT2D eigenvalue weighted by Crippen LogP contribution is 2.23. The maximum Gasteiger partial charge on any atom is 0.231 e. The van der Waals surface area contributed by atoms with Gasteiger partial charge in [-0.25, -0.2) is 0 Å². The fourth-order valence-corrected chi connectivity index (χ4v) is 2.08. The second-order valence-electron chi connectivity index (χ2n) is 6.15. The van der Waals surface area contributed by atoms with Crippen molar-refractivity contribution in [2.24, 2.45) is 5.41 Å². The normalized spacial score (nSPS) is 21.7. The van der Waals surface area contributed by atoms with Gasteiger partial charge in [-0.15, -0.1) is 0 Å². The number of piperidine rings is 1. The van der Waals surface area contributed by atoms with E-state index in [2.05, 4.69) is 36.2 Å². The average molecular weight is 237 g/mol. The topological polar surface area (TPSA) is 51.0 Å². The number of hydrogen-bond donors (Lipinski definition) is 1. The van der Waals surface area contributed by atoms with Gasteiger partial charge in [0.25, 0.3) is 0 Å². The number of hydrogen-bond acceptors (Lipinski definition) is 4. The molecule has 1 N–H and O–H groups in total. The van der Waals surface area contributed by atoms with Crippen LogP contribution < -0.4 is 5.32 Å². The summed E-state index contributed by atoms with van der Waals surface area (Å²) in [4.78, 5) is 4.52. The molecule has 1 fully saturated rings. The molecule has 4 heteroatoms. The minimum Gasteiger partial charge on any atom is -0.339 e. The molecular formula is C13H23N3O. The second kappa shape index (κ2) is 5.17. The van der Waals surface area contributed by atoms with E-state index in [0.717, 1.165) is 44.1 Å². The summed E-state index contributed by atoms with van der Waals surface area (Å²) in [6, 6.07) is 0. The Morgan fingerprint density at radius 1 is 1.41 bits per heavy atom. The average Bonchev–Trinajstić information content (AvgIpc) is 2.75. The summed E-state index contributed by atoms with van der Waals surface area (Å²) in [5.74, 6) is 2.10. The van der Waals surface area contributed by atoms with Crippen LogP contribution in [0.4, 0.5) is 0 Å². The highest BCUT2D eigenvalue weighted by Gasteiger charge is 2.21. The number of nitrogens with one attached hydrogen (secondary N) is 1. The minimum atomic E-state index is 0.327. The van der Waals surface area contributed by atoms with Crippen LogP contribution in [0, 0.1) is 5.41 Å². The summed E-state index contributed by atoms with van der Waals surface area (Å²) < 4.78 is 5.37. The predicted octanol–water partition coefficient (Wildman–Crippen LogP) is 2.52. The Bertz CT molecular complexity index is 348. The molecule has 1 aliphatic heterocycles. The quantitative estimate of drug-likeness (QED) is 0.877. The van der Waals surface area contributed by atoms with E-state index in [1.54, 1.807) is 0 Å². The lowest BCUT2D eigenvalue weighted by molar-refractivity contribution is 0.317. The molecule has 0 amide bonds. The Hall–Kier alpha value is -0.900. The van der Waals surface area contributed by atoms with E-state index in [-0.39, 0.29) is 0 Å². The van der Waals surface area contributed by atoms with Gasteiger partial charge in [-0.2, -0.15) is 4.98 Å². The molecule has 17 heavy (non-hydrogen) atoms. The molecule has 0 radical (unpaired) electrons. The van der Waals surface area contributed by atoms with Crippen LogP contribution in [-0.4, -0.2) is 23.2 Å². The van der Waals surface area contributed by atoms with E-state index in [1.807, 2.05) is 0 Å². The van der Waals surface area contributed by atoms with E-state index in [1.165, 1.54) is 6.42 Å². The van der Waals surface area contributed by atoms with Crippen LogP contribution in [0.1, 0.15) is 57.7 Å². The molecule has 0 aromatic carbocycles. The van der Waals surface area contributed by atoms with Crippen LogP contribution in [0.3, 0.4) is 0 Å². The molecule has 2 rings (SSSR count). The van der Waals surface area contributed by atoms with Crippen molar-refractivity contribution in [3.05, 3.63) is 11.7 Å². The van der Waals surface area contributed by atoms with E-state index in [0.29, 0.717) is 11.3 Å². The zero-order valence-corrected chi connectivity index (χ0v) is 11.1. The standard InChI is InChI=1S/C13H23N3O/c1-13(2,3)7-6-11-15-12(17-16-11)10-5-4-8-14-9-10/h10,14H,4-9H2,1-3H3/t10-/m1/s1. The summed E-state index contributed by atoms with van der Waals surface area (Å²) in [6.45, 7) is 8.79. The maximum absolute atomic E-state index is 5.37. The molecule has 96 valence electrons. The molecule has 4 nitrogen and oxygen atoms in total. The van der Waals surface area contributed by atoms with Crippen molar-refractivity contribution in [2.45, 2.75) is 52.4 Å². The SMILES string of the molecule is CC(C)(C)CCc1noc([C@@H]2CCCNC2)n1. The van der Waals surface area contributed by atoms with E-state index in [4.69, 9.17) is 4.52 Å². The van der Waals surface area contributed by atoms with Crippen molar-refractivity contribution in [1.29, 1.82) is 0 Å². The summed E-state index contributed by atoms with van der Waals surface area (Å²) in [5, 5.41) is 7.45. The number of aromatic nitrogens is 2. The Kier molecular flexibility index (Phi) is 3.82. The van der Waals surface area contributed by atoms with Crippen LogP contribution >= 0.6 is 0 Å². The van der Waals surface area contributed by atoms with Crippen LogP contribution in [-0.2, 0) is 6.42 Å². The fraction of sp³-hybridized carbons (Fsp3) is 0.846. The molecule has 0 bridgehead atoms. The zero-order chi connectivity index (χ0) is 12.3. The van der Waals surface area contributed by atoms with Crippen LogP contribution in [0.25, 0.3) is 0 Å². The Balaban J connectivity index is 1.91. The van der Waals surface area contributed by atoms with Gasteiger partial charge in [0.05, 0.1) is 5.92 Å². The minimum absolute atomic E-state index is 0.327. The van der Waals surface area contributed by atoms with Gasteiger partial charge in [0, 0.05) is 13.0 Å². The van der Waals surface area contributed by atoms with Gasteiger partial charge in [-0.1, -0.05) is 25.9 Å². The van der Waals surface area contributed by atoms with E-state index in [9.17, 15) is 0 Å². The molecule has 0 aliphatic carbocycles. The smallest absolute Gasteiger partial charge is 0.231 e. The van der Waals surface area contributed by atoms with Gasteiger partial charge in [-0.05, 0) is 31.2 Å². The number of nitrogens with zero attached hydrogens (tertiary/aromatic N) is 2. The lowest BCUT2D eigenvalue weighted by Crippen LogP contribution is -2.28. The fourth-order valence-electron chi connectivity index (χ4n) is 2.08. The third-order valence-corrected chi connectivity index (χ3v) is 3.23. The third kappa shape index (κ3) is 3.80. The van der Waals surface area contributed by atoms with Crippen LogP contribution in [0.2, 0.25) is 0 Å². The van der Waals surface area contributed by atoms with Crippen molar-refractivity contribution < 1.29 is 4.52 Å². The first-order chi connectivity index (χ1) is 8.04. The third-order valence-electron chi connectivity index (χ3n) is 3.23. The van der Waals surface area contributed by atoms with Crippen molar-refractivity contribution in [1.82, 2.24) is 15.5 Å². The maximum atomic E-state index is 5.37. The molecule has 1 atom stereocenters. The molecule has 2 heterocycles. The Morgan fingerprint density at radius 3 is 2.88 bits per heavy atom. The molecule has 1 saturated heterocycles. The molecule has 1 aromatic heterocycles. The van der Waals surface area contributed by atoms with Crippen LogP contribution in [0.5, 0.6) is 0 Å². The van der Waals surface area contributed by atoms with Gasteiger partial charge in [0.2, 0.25) is 5.89 Å². The van der Waals surface area contributed by atoms with Crippen molar-refractivity contribution in [2.75, 3.05) is 13.1 Å². The first-order valence-corrected chi connectivity index (χ1v) is 6.58. The zero-order valence-electron chi connectivity index (χ0n) is 11.1. The molecule has 0 unspecified atom stereocenters. The van der Waals surface area contributed by atoms with Crippen molar-refractivity contribution in [3.63, 3.8) is 0 Å². The summed E-state index contributed by atoms with van der Waals surface area (Å²) in [6.07, 6.45) is 4.36. The second-order valence-corrected chi connectivity index (χ2v) is 6.15. The van der Waals surface area contributed by atoms with Gasteiger partial charge in [-0.3, -0.25) is 0 Å². The largest absolute Gasteiger partial charge is 0.339 e. The Labute approximate surface area is 103 Å². The molecule has 1 aromatic rings. The molecular weight excluding hydrogens is 214 g/mol. The lowest BCUT2D eigenvalue weighted by atomic mass is 9.90. The first kappa shape index (κ1) is 12.6. The van der Waals surface area contributed by atoms with E-state index < -0.39 is 0 Å². The number of rotatable bonds is 3. The number of aryl methyl sites for hydroxylation is 1. The highest BCUT2D eigenvalue weighted by molar-refractivity contribution is 4.97. The van der Waals surface area contributed by atoms with Gasteiger partial charge in [0.1, 0.15) is 0 Å². The van der Waals surface area contributed by atoms with Gasteiger partial charge < -0.3 is 9.84 Å². The van der Waals surface area contributed by atoms with Crippen LogP contribution in [0.15, 0.2) is 4.52 Å². The predicted molar refractivity (Wildman–Crippen MR) is 66.9 cm³/mol.